The number of anilines is 1. The van der Waals surface area contributed by atoms with Crippen LogP contribution >= 0.6 is 11.3 Å². The van der Waals surface area contributed by atoms with Crippen LogP contribution in [0.3, 0.4) is 0 Å². The summed E-state index contributed by atoms with van der Waals surface area (Å²) in [5.74, 6) is -1.25. The monoisotopic (exact) mass is 343 g/mol. The summed E-state index contributed by atoms with van der Waals surface area (Å²) in [7, 11) is 0. The summed E-state index contributed by atoms with van der Waals surface area (Å²) < 4.78 is 38.9. The van der Waals surface area contributed by atoms with E-state index in [9.17, 15) is 22.8 Å². The number of benzene rings is 1. The lowest BCUT2D eigenvalue weighted by molar-refractivity contribution is -0.137. The number of rotatable bonds is 6. The number of ketones is 1. The molecule has 0 aliphatic carbocycles. The molecule has 3 N–H and O–H groups in total. The van der Waals surface area contributed by atoms with Crippen LogP contribution in [0.15, 0.2) is 30.5 Å². The van der Waals surface area contributed by atoms with Gasteiger partial charge < -0.3 is 11.1 Å². The molecule has 1 aromatic heterocycles. The van der Waals surface area contributed by atoms with Gasteiger partial charge in [0.05, 0.1) is 16.6 Å². The Morgan fingerprint density at radius 2 is 1.96 bits per heavy atom. The fraction of sp³-hybridized carbons (Fsp3) is 0.214. The zero-order valence-corrected chi connectivity index (χ0v) is 12.5. The first kappa shape index (κ1) is 16.9. The van der Waals surface area contributed by atoms with Crippen molar-refractivity contribution >= 4 is 28.2 Å². The smallest absolute Gasteiger partial charge is 0.370 e. The average Bonchev–Trinajstić information content (AvgIpc) is 2.94. The predicted molar refractivity (Wildman–Crippen MR) is 79.3 cm³/mol. The zero-order chi connectivity index (χ0) is 17.0. The van der Waals surface area contributed by atoms with Crippen molar-refractivity contribution in [3.05, 3.63) is 46.5 Å². The minimum atomic E-state index is -4.61. The zero-order valence-electron chi connectivity index (χ0n) is 11.7. The van der Waals surface area contributed by atoms with E-state index in [0.717, 1.165) is 23.5 Å². The van der Waals surface area contributed by atoms with Crippen LogP contribution in [-0.4, -0.2) is 23.2 Å². The van der Waals surface area contributed by atoms with Gasteiger partial charge in [-0.3, -0.25) is 9.59 Å². The molecule has 9 heteroatoms. The maximum atomic E-state index is 13.0. The van der Waals surface area contributed by atoms with E-state index < -0.39 is 29.0 Å². The number of halogens is 3. The van der Waals surface area contributed by atoms with Crippen LogP contribution in [0.5, 0.6) is 0 Å². The Hall–Kier alpha value is -2.42. The quantitative estimate of drug-likeness (QED) is 0.790. The number of hydrogen-bond donors (Lipinski definition) is 2. The van der Waals surface area contributed by atoms with Gasteiger partial charge in [0.15, 0.2) is 5.13 Å². The van der Waals surface area contributed by atoms with Gasteiger partial charge in [0.25, 0.3) is 0 Å². The number of carbonyl (C=O) groups excluding carboxylic acids is 2. The number of nitrogens with zero attached hydrogens (tertiary/aromatic N) is 1. The molecule has 0 aliphatic heterocycles. The number of carbonyl (C=O) groups is 2. The predicted octanol–water partition coefficient (Wildman–Crippen LogP) is 2.68. The Balaban J connectivity index is 2.19. The van der Waals surface area contributed by atoms with Crippen LogP contribution in [0.2, 0.25) is 0 Å². The van der Waals surface area contributed by atoms with Crippen molar-refractivity contribution in [2.75, 3.05) is 11.9 Å². The van der Waals surface area contributed by atoms with E-state index in [1.54, 1.807) is 0 Å². The maximum Gasteiger partial charge on any atom is 0.417 e. The van der Waals surface area contributed by atoms with Crippen molar-refractivity contribution in [2.45, 2.75) is 12.6 Å². The first-order valence-corrected chi connectivity index (χ1v) is 7.29. The lowest BCUT2D eigenvalue weighted by Crippen LogP contribution is -2.15. The van der Waals surface area contributed by atoms with Crippen LogP contribution < -0.4 is 11.1 Å². The molecule has 122 valence electrons. The molecule has 1 amide bonds. The standard InChI is InChI=1S/C14H12F3N3O2S/c15-14(16,17)9-4-2-1-3-8(9)12(22)10-7-20-13(23-10)19-6-5-11(18)21/h1-4,7H,5-6H2,(H2,18,21)(H,19,20). The molecular formula is C14H12F3N3O2S. The van der Waals surface area contributed by atoms with Crippen LogP contribution in [0.25, 0.3) is 0 Å². The van der Waals surface area contributed by atoms with Crippen LogP contribution in [0.4, 0.5) is 18.3 Å². The third-order valence-electron chi connectivity index (χ3n) is 2.85. The molecule has 0 aliphatic rings. The molecule has 0 atom stereocenters. The average molecular weight is 343 g/mol. The molecule has 0 bridgehead atoms. The molecule has 2 aromatic rings. The molecule has 23 heavy (non-hydrogen) atoms. The summed E-state index contributed by atoms with van der Waals surface area (Å²) in [6.07, 6.45) is -3.33. The number of primary amides is 1. The fourth-order valence-electron chi connectivity index (χ4n) is 1.81. The number of hydrogen-bond acceptors (Lipinski definition) is 5. The molecule has 5 nitrogen and oxygen atoms in total. The van der Waals surface area contributed by atoms with Gasteiger partial charge in [0.1, 0.15) is 0 Å². The summed E-state index contributed by atoms with van der Waals surface area (Å²) in [4.78, 5) is 26.9. The number of aromatic nitrogens is 1. The van der Waals surface area contributed by atoms with E-state index in [1.807, 2.05) is 0 Å². The second-order valence-corrected chi connectivity index (χ2v) is 5.58. The van der Waals surface area contributed by atoms with Crippen molar-refractivity contribution in [3.8, 4) is 0 Å². The number of thiazole rings is 1. The van der Waals surface area contributed by atoms with E-state index in [-0.39, 0.29) is 17.8 Å². The van der Waals surface area contributed by atoms with Gasteiger partial charge in [-0.2, -0.15) is 13.2 Å². The van der Waals surface area contributed by atoms with E-state index in [1.165, 1.54) is 18.3 Å². The third kappa shape index (κ3) is 4.28. The van der Waals surface area contributed by atoms with Crippen LogP contribution in [0, 0.1) is 0 Å². The highest BCUT2D eigenvalue weighted by Gasteiger charge is 2.35. The minimum absolute atomic E-state index is 0.0725. The summed E-state index contributed by atoms with van der Waals surface area (Å²) in [5.41, 5.74) is 3.58. The lowest BCUT2D eigenvalue weighted by Gasteiger charge is -2.10. The topological polar surface area (TPSA) is 85.1 Å². The van der Waals surface area contributed by atoms with Gasteiger partial charge in [0.2, 0.25) is 11.7 Å². The number of nitrogens with two attached hydrogens (primary N) is 1. The Morgan fingerprint density at radius 1 is 1.26 bits per heavy atom. The minimum Gasteiger partial charge on any atom is -0.370 e. The molecule has 0 fully saturated rings. The molecule has 0 spiro atoms. The van der Waals surface area contributed by atoms with Gasteiger partial charge in [-0.15, -0.1) is 0 Å². The van der Waals surface area contributed by atoms with Crippen molar-refractivity contribution in [3.63, 3.8) is 0 Å². The second kappa shape index (κ2) is 6.78. The number of amides is 1. The normalized spacial score (nSPS) is 11.3. The largest absolute Gasteiger partial charge is 0.417 e. The number of alkyl halides is 3. The molecule has 0 saturated carbocycles. The van der Waals surface area contributed by atoms with Crippen molar-refractivity contribution in [1.29, 1.82) is 0 Å². The molecular weight excluding hydrogens is 331 g/mol. The van der Waals surface area contributed by atoms with Gasteiger partial charge in [-0.1, -0.05) is 29.5 Å². The van der Waals surface area contributed by atoms with E-state index >= 15 is 0 Å². The van der Waals surface area contributed by atoms with Gasteiger partial charge in [-0.05, 0) is 6.07 Å². The SMILES string of the molecule is NC(=O)CCNc1ncc(C(=O)c2ccccc2C(F)(F)F)s1. The summed E-state index contributed by atoms with van der Waals surface area (Å²) in [6, 6.07) is 4.59. The number of nitrogens with one attached hydrogen (secondary N) is 1. The van der Waals surface area contributed by atoms with Crippen molar-refractivity contribution in [2.24, 2.45) is 5.73 Å². The van der Waals surface area contributed by atoms with E-state index in [0.29, 0.717) is 5.13 Å². The Labute approximate surface area is 133 Å². The van der Waals surface area contributed by atoms with Gasteiger partial charge in [-0.25, -0.2) is 4.98 Å². The second-order valence-electron chi connectivity index (χ2n) is 4.55. The first-order valence-electron chi connectivity index (χ1n) is 6.48. The highest BCUT2D eigenvalue weighted by molar-refractivity contribution is 7.17. The van der Waals surface area contributed by atoms with Crippen molar-refractivity contribution < 1.29 is 22.8 Å². The van der Waals surface area contributed by atoms with Crippen LogP contribution in [0.1, 0.15) is 27.2 Å². The highest BCUT2D eigenvalue weighted by atomic mass is 32.1. The Morgan fingerprint density at radius 3 is 2.61 bits per heavy atom. The molecule has 0 unspecified atom stereocenters. The maximum absolute atomic E-state index is 13.0. The van der Waals surface area contributed by atoms with Gasteiger partial charge >= 0.3 is 6.18 Å². The molecule has 0 saturated heterocycles. The van der Waals surface area contributed by atoms with Gasteiger partial charge in [0, 0.05) is 18.5 Å². The molecule has 1 heterocycles. The fourth-order valence-corrected chi connectivity index (χ4v) is 2.61. The van der Waals surface area contributed by atoms with E-state index in [4.69, 9.17) is 5.73 Å². The van der Waals surface area contributed by atoms with E-state index in [2.05, 4.69) is 10.3 Å². The third-order valence-corrected chi connectivity index (χ3v) is 3.81. The van der Waals surface area contributed by atoms with Crippen molar-refractivity contribution in [1.82, 2.24) is 4.98 Å². The van der Waals surface area contributed by atoms with Crippen LogP contribution in [-0.2, 0) is 11.0 Å². The molecule has 2 rings (SSSR count). The lowest BCUT2D eigenvalue weighted by atomic mass is 10.0. The molecule has 1 aromatic carbocycles. The summed E-state index contributed by atoms with van der Waals surface area (Å²) in [5, 5.41) is 3.11. The first-order chi connectivity index (χ1) is 10.8. The Kier molecular flexibility index (Phi) is 4.99. The summed E-state index contributed by atoms with van der Waals surface area (Å²) >= 11 is 0.916. The Bertz CT molecular complexity index is 728. The summed E-state index contributed by atoms with van der Waals surface area (Å²) in [6.45, 7) is 0.232. The molecule has 0 radical (unpaired) electrons. The highest BCUT2D eigenvalue weighted by Crippen LogP contribution is 2.33.